The molecule has 1 aromatic carbocycles. The predicted molar refractivity (Wildman–Crippen MR) is 75.7 cm³/mol. The largest absolute Gasteiger partial charge is 0.497 e. The number of hydrogen-bond donors (Lipinski definition) is 1. The molecule has 0 saturated carbocycles. The minimum atomic E-state index is -0.166. The first-order chi connectivity index (χ1) is 9.28. The molecule has 0 radical (unpaired) electrons. The van der Waals surface area contributed by atoms with Crippen LogP contribution in [0.4, 0.5) is 5.82 Å². The molecule has 1 N–H and O–H groups in total. The van der Waals surface area contributed by atoms with Gasteiger partial charge in [0.15, 0.2) is 0 Å². The Morgan fingerprint density at radius 1 is 1.26 bits per heavy atom. The Morgan fingerprint density at radius 3 is 2.79 bits per heavy atom. The zero-order valence-corrected chi connectivity index (χ0v) is 11.0. The highest BCUT2D eigenvalue weighted by Crippen LogP contribution is 2.29. The number of pyridine rings is 1. The van der Waals surface area contributed by atoms with Gasteiger partial charge in [-0.2, -0.15) is 0 Å². The lowest BCUT2D eigenvalue weighted by Crippen LogP contribution is -2.36. The molecule has 4 nitrogen and oxygen atoms in total. The maximum absolute atomic E-state index is 9.60. The van der Waals surface area contributed by atoms with E-state index in [4.69, 9.17) is 4.74 Å². The Labute approximate surface area is 112 Å². The Balaban J connectivity index is 2.02. The summed E-state index contributed by atoms with van der Waals surface area (Å²) in [5.74, 6) is 1.84. The van der Waals surface area contributed by atoms with Crippen molar-refractivity contribution in [1.82, 2.24) is 4.98 Å². The molecule has 0 aliphatic carbocycles. The van der Waals surface area contributed by atoms with Crippen molar-refractivity contribution in [2.45, 2.75) is 18.9 Å². The SMILES string of the molecule is COc1ccc2ccnc(N3CCC(O)CC3)c2c1. The average Bonchev–Trinajstić information content (AvgIpc) is 2.47. The fourth-order valence-electron chi connectivity index (χ4n) is 2.59. The molecule has 0 amide bonds. The van der Waals surface area contributed by atoms with Gasteiger partial charge >= 0.3 is 0 Å². The number of benzene rings is 1. The molecule has 4 heteroatoms. The van der Waals surface area contributed by atoms with Crippen LogP contribution in [0.15, 0.2) is 30.5 Å². The van der Waals surface area contributed by atoms with E-state index >= 15 is 0 Å². The Morgan fingerprint density at radius 2 is 2.05 bits per heavy atom. The molecule has 0 atom stereocenters. The highest BCUT2D eigenvalue weighted by Gasteiger charge is 2.19. The van der Waals surface area contributed by atoms with Gasteiger partial charge < -0.3 is 14.7 Å². The van der Waals surface area contributed by atoms with Crippen LogP contribution in [0.3, 0.4) is 0 Å². The summed E-state index contributed by atoms with van der Waals surface area (Å²) in [5.41, 5.74) is 0. The van der Waals surface area contributed by atoms with Crippen molar-refractivity contribution >= 4 is 16.6 Å². The van der Waals surface area contributed by atoms with Gasteiger partial charge in [-0.15, -0.1) is 0 Å². The van der Waals surface area contributed by atoms with E-state index in [0.717, 1.165) is 48.3 Å². The first-order valence-electron chi connectivity index (χ1n) is 6.63. The lowest BCUT2D eigenvalue weighted by atomic mass is 10.1. The third-order valence-electron chi connectivity index (χ3n) is 3.72. The fourth-order valence-corrected chi connectivity index (χ4v) is 2.59. The number of piperidine rings is 1. The molecule has 1 aliphatic rings. The van der Waals surface area contributed by atoms with E-state index < -0.39 is 0 Å². The highest BCUT2D eigenvalue weighted by molar-refractivity contribution is 5.93. The van der Waals surface area contributed by atoms with Gasteiger partial charge in [0.2, 0.25) is 0 Å². The van der Waals surface area contributed by atoms with Crippen LogP contribution in [0, 0.1) is 0 Å². The normalized spacial score (nSPS) is 16.8. The van der Waals surface area contributed by atoms with Gasteiger partial charge in [0.25, 0.3) is 0 Å². The zero-order chi connectivity index (χ0) is 13.2. The topological polar surface area (TPSA) is 45.6 Å². The van der Waals surface area contributed by atoms with Gasteiger partial charge in [0.05, 0.1) is 13.2 Å². The van der Waals surface area contributed by atoms with Crippen molar-refractivity contribution < 1.29 is 9.84 Å². The van der Waals surface area contributed by atoms with Crippen LogP contribution in [0.5, 0.6) is 5.75 Å². The monoisotopic (exact) mass is 258 g/mol. The van der Waals surface area contributed by atoms with Crippen LogP contribution >= 0.6 is 0 Å². The molecule has 2 aromatic rings. The second-order valence-electron chi connectivity index (χ2n) is 4.94. The average molecular weight is 258 g/mol. The summed E-state index contributed by atoms with van der Waals surface area (Å²) < 4.78 is 5.30. The van der Waals surface area contributed by atoms with Crippen LogP contribution in [0.1, 0.15) is 12.8 Å². The molecule has 1 aromatic heterocycles. The summed E-state index contributed by atoms with van der Waals surface area (Å²) in [6.45, 7) is 1.70. The van der Waals surface area contributed by atoms with Crippen molar-refractivity contribution in [3.8, 4) is 5.75 Å². The van der Waals surface area contributed by atoms with E-state index in [1.165, 1.54) is 0 Å². The number of aromatic nitrogens is 1. The minimum absolute atomic E-state index is 0.166. The number of methoxy groups -OCH3 is 1. The van der Waals surface area contributed by atoms with Crippen molar-refractivity contribution in [2.75, 3.05) is 25.1 Å². The number of ether oxygens (including phenoxy) is 1. The number of anilines is 1. The van der Waals surface area contributed by atoms with Gasteiger partial charge in [0.1, 0.15) is 11.6 Å². The van der Waals surface area contributed by atoms with Crippen molar-refractivity contribution in [2.24, 2.45) is 0 Å². The Bertz CT molecular complexity index is 577. The number of hydrogen-bond acceptors (Lipinski definition) is 4. The molecule has 1 aliphatic heterocycles. The van der Waals surface area contributed by atoms with Crippen LogP contribution in [0.25, 0.3) is 10.8 Å². The van der Waals surface area contributed by atoms with Crippen LogP contribution in [-0.2, 0) is 0 Å². The summed E-state index contributed by atoms with van der Waals surface area (Å²) in [6.07, 6.45) is 3.29. The summed E-state index contributed by atoms with van der Waals surface area (Å²) in [6, 6.07) is 8.06. The molecule has 0 unspecified atom stereocenters. The number of nitrogens with zero attached hydrogens (tertiary/aromatic N) is 2. The number of aliphatic hydroxyl groups excluding tert-OH is 1. The predicted octanol–water partition coefficient (Wildman–Crippen LogP) is 2.20. The lowest BCUT2D eigenvalue weighted by molar-refractivity contribution is 0.145. The third kappa shape index (κ3) is 2.36. The summed E-state index contributed by atoms with van der Waals surface area (Å²) in [5, 5.41) is 11.9. The molecule has 1 fully saturated rings. The molecule has 19 heavy (non-hydrogen) atoms. The highest BCUT2D eigenvalue weighted by atomic mass is 16.5. The summed E-state index contributed by atoms with van der Waals surface area (Å²) in [4.78, 5) is 6.76. The number of fused-ring (bicyclic) bond motifs is 1. The molecule has 100 valence electrons. The zero-order valence-electron chi connectivity index (χ0n) is 11.0. The third-order valence-corrected chi connectivity index (χ3v) is 3.72. The maximum atomic E-state index is 9.60. The molecular formula is C15H18N2O2. The smallest absolute Gasteiger partial charge is 0.136 e. The molecule has 1 saturated heterocycles. The van der Waals surface area contributed by atoms with Crippen LogP contribution < -0.4 is 9.64 Å². The molecule has 3 rings (SSSR count). The van der Waals surface area contributed by atoms with Crippen LogP contribution in [0.2, 0.25) is 0 Å². The first kappa shape index (κ1) is 12.2. The van der Waals surface area contributed by atoms with Crippen molar-refractivity contribution in [3.05, 3.63) is 30.5 Å². The molecule has 2 heterocycles. The molecule has 0 bridgehead atoms. The van der Waals surface area contributed by atoms with E-state index in [-0.39, 0.29) is 6.10 Å². The quantitative estimate of drug-likeness (QED) is 0.897. The van der Waals surface area contributed by atoms with Crippen LogP contribution in [-0.4, -0.2) is 36.4 Å². The van der Waals surface area contributed by atoms with E-state index in [1.54, 1.807) is 7.11 Å². The van der Waals surface area contributed by atoms with Gasteiger partial charge in [-0.25, -0.2) is 4.98 Å². The molecular weight excluding hydrogens is 240 g/mol. The maximum Gasteiger partial charge on any atom is 0.136 e. The second-order valence-corrected chi connectivity index (χ2v) is 4.94. The van der Waals surface area contributed by atoms with Gasteiger partial charge in [0, 0.05) is 24.7 Å². The van der Waals surface area contributed by atoms with E-state index in [9.17, 15) is 5.11 Å². The summed E-state index contributed by atoms with van der Waals surface area (Å²) >= 11 is 0. The second kappa shape index (κ2) is 5.05. The van der Waals surface area contributed by atoms with E-state index in [1.807, 2.05) is 24.4 Å². The standard InChI is InChI=1S/C15H18N2O2/c1-19-13-3-2-11-4-7-16-15(14(11)10-13)17-8-5-12(18)6-9-17/h2-4,7,10,12,18H,5-6,8-9H2,1H3. The Kier molecular flexibility index (Phi) is 3.25. The number of rotatable bonds is 2. The van der Waals surface area contributed by atoms with Gasteiger partial charge in [-0.3, -0.25) is 0 Å². The lowest BCUT2D eigenvalue weighted by Gasteiger charge is -2.31. The van der Waals surface area contributed by atoms with Gasteiger partial charge in [-0.1, -0.05) is 6.07 Å². The first-order valence-corrected chi connectivity index (χ1v) is 6.63. The fraction of sp³-hybridized carbons (Fsp3) is 0.400. The van der Waals surface area contributed by atoms with E-state index in [0.29, 0.717) is 0 Å². The summed E-state index contributed by atoms with van der Waals surface area (Å²) in [7, 11) is 1.68. The van der Waals surface area contributed by atoms with E-state index in [2.05, 4.69) is 16.0 Å². The Hall–Kier alpha value is -1.81. The molecule has 0 spiro atoms. The minimum Gasteiger partial charge on any atom is -0.497 e. The van der Waals surface area contributed by atoms with Crippen molar-refractivity contribution in [3.63, 3.8) is 0 Å². The number of aliphatic hydroxyl groups is 1. The van der Waals surface area contributed by atoms with Gasteiger partial charge in [-0.05, 0) is 36.4 Å². The van der Waals surface area contributed by atoms with Crippen molar-refractivity contribution in [1.29, 1.82) is 0 Å².